The van der Waals surface area contributed by atoms with E-state index in [4.69, 9.17) is 5.11 Å². The molecular formula is C17H23N3O6S. The second-order valence-electron chi connectivity index (χ2n) is 6.97. The Morgan fingerprint density at radius 2 is 1.74 bits per heavy atom. The van der Waals surface area contributed by atoms with Gasteiger partial charge in [-0.3, -0.25) is 14.9 Å². The molecule has 2 saturated heterocycles. The Labute approximate surface area is 157 Å². The molecule has 148 valence electrons. The van der Waals surface area contributed by atoms with Crippen LogP contribution in [-0.4, -0.2) is 54.9 Å². The van der Waals surface area contributed by atoms with Crippen LogP contribution in [0.15, 0.2) is 23.1 Å². The fraction of sp³-hybridized carbons (Fsp3) is 0.588. The van der Waals surface area contributed by atoms with Crippen LogP contribution in [-0.2, 0) is 14.8 Å². The fourth-order valence-electron chi connectivity index (χ4n) is 3.70. The molecule has 9 nitrogen and oxygen atoms in total. The molecule has 0 spiro atoms. The van der Waals surface area contributed by atoms with Crippen molar-refractivity contribution in [3.8, 4) is 0 Å². The summed E-state index contributed by atoms with van der Waals surface area (Å²) >= 11 is 0. The predicted octanol–water partition coefficient (Wildman–Crippen LogP) is 2.07. The van der Waals surface area contributed by atoms with Crippen LogP contribution < -0.4 is 4.90 Å². The highest BCUT2D eigenvalue weighted by Gasteiger charge is 2.31. The highest BCUT2D eigenvalue weighted by atomic mass is 32.2. The normalized spacial score (nSPS) is 19.8. The molecule has 2 fully saturated rings. The number of anilines is 1. The van der Waals surface area contributed by atoms with Crippen LogP contribution in [0.3, 0.4) is 0 Å². The maximum absolute atomic E-state index is 12.8. The monoisotopic (exact) mass is 397 g/mol. The molecule has 2 aliphatic rings. The second-order valence-corrected chi connectivity index (χ2v) is 8.91. The second kappa shape index (κ2) is 7.81. The molecule has 0 bridgehead atoms. The molecule has 0 saturated carbocycles. The number of hydrogen-bond donors (Lipinski definition) is 1. The average Bonchev–Trinajstić information content (AvgIpc) is 2.68. The predicted molar refractivity (Wildman–Crippen MR) is 98.3 cm³/mol. The van der Waals surface area contributed by atoms with Gasteiger partial charge in [0.05, 0.1) is 15.7 Å². The van der Waals surface area contributed by atoms with E-state index in [0.29, 0.717) is 44.7 Å². The first-order chi connectivity index (χ1) is 12.8. The molecule has 1 aromatic carbocycles. The molecule has 1 aromatic rings. The van der Waals surface area contributed by atoms with Gasteiger partial charge >= 0.3 is 5.97 Å². The van der Waals surface area contributed by atoms with Crippen molar-refractivity contribution in [2.24, 2.45) is 5.92 Å². The molecule has 0 unspecified atom stereocenters. The van der Waals surface area contributed by atoms with Gasteiger partial charge in [-0.25, -0.2) is 8.42 Å². The van der Waals surface area contributed by atoms with Gasteiger partial charge < -0.3 is 10.0 Å². The molecule has 2 aliphatic heterocycles. The Hall–Kier alpha value is -2.20. The van der Waals surface area contributed by atoms with Crippen LogP contribution in [0.4, 0.5) is 11.4 Å². The number of sulfonamides is 1. The van der Waals surface area contributed by atoms with Crippen LogP contribution in [0, 0.1) is 16.0 Å². The molecule has 2 heterocycles. The molecule has 27 heavy (non-hydrogen) atoms. The quantitative estimate of drug-likeness (QED) is 0.596. The molecule has 0 atom stereocenters. The molecule has 10 heteroatoms. The largest absolute Gasteiger partial charge is 0.481 e. The number of benzene rings is 1. The number of piperidine rings is 2. The number of nitrogens with zero attached hydrogens (tertiary/aromatic N) is 3. The molecule has 0 aliphatic carbocycles. The van der Waals surface area contributed by atoms with Crippen LogP contribution >= 0.6 is 0 Å². The summed E-state index contributed by atoms with van der Waals surface area (Å²) in [5.74, 6) is -1.30. The molecular weight excluding hydrogens is 374 g/mol. The average molecular weight is 397 g/mol. The summed E-state index contributed by atoms with van der Waals surface area (Å²) in [6, 6.07) is 4.01. The lowest BCUT2D eigenvalue weighted by molar-refractivity contribution is -0.384. The van der Waals surface area contributed by atoms with E-state index in [0.717, 1.165) is 25.3 Å². The lowest BCUT2D eigenvalue weighted by atomic mass is 9.96. The minimum atomic E-state index is -3.75. The number of carboxylic acids is 1. The summed E-state index contributed by atoms with van der Waals surface area (Å²) in [5, 5.41) is 20.7. The smallest absolute Gasteiger partial charge is 0.306 e. The summed E-state index contributed by atoms with van der Waals surface area (Å²) < 4.78 is 27.0. The van der Waals surface area contributed by atoms with Gasteiger partial charge in [-0.15, -0.1) is 0 Å². The van der Waals surface area contributed by atoms with Crippen molar-refractivity contribution in [2.45, 2.75) is 37.0 Å². The maximum Gasteiger partial charge on any atom is 0.306 e. The first-order valence-electron chi connectivity index (χ1n) is 9.07. The molecule has 1 N–H and O–H groups in total. The highest BCUT2D eigenvalue weighted by Crippen LogP contribution is 2.34. The van der Waals surface area contributed by atoms with Crippen molar-refractivity contribution in [2.75, 3.05) is 31.1 Å². The van der Waals surface area contributed by atoms with Gasteiger partial charge in [0.25, 0.3) is 5.69 Å². The van der Waals surface area contributed by atoms with Gasteiger partial charge in [-0.05, 0) is 37.8 Å². The Morgan fingerprint density at radius 3 is 2.30 bits per heavy atom. The zero-order chi connectivity index (χ0) is 19.6. The van der Waals surface area contributed by atoms with E-state index in [1.54, 1.807) is 4.90 Å². The molecule has 0 radical (unpaired) electrons. The zero-order valence-electron chi connectivity index (χ0n) is 14.9. The fourth-order valence-corrected chi connectivity index (χ4v) is 5.24. The summed E-state index contributed by atoms with van der Waals surface area (Å²) in [7, 11) is -3.75. The van der Waals surface area contributed by atoms with E-state index in [9.17, 15) is 23.3 Å². The van der Waals surface area contributed by atoms with Crippen LogP contribution in [0.2, 0.25) is 0 Å². The van der Waals surface area contributed by atoms with Gasteiger partial charge in [-0.2, -0.15) is 4.31 Å². The molecule has 0 aromatic heterocycles. The van der Waals surface area contributed by atoms with Gasteiger partial charge in [0.2, 0.25) is 10.0 Å². The summed E-state index contributed by atoms with van der Waals surface area (Å²) in [6.45, 7) is 1.63. The summed E-state index contributed by atoms with van der Waals surface area (Å²) in [4.78, 5) is 23.8. The molecule has 3 rings (SSSR count). The topological polar surface area (TPSA) is 121 Å². The summed E-state index contributed by atoms with van der Waals surface area (Å²) in [6.07, 6.45) is 3.37. The number of carbonyl (C=O) groups is 1. The highest BCUT2D eigenvalue weighted by molar-refractivity contribution is 7.89. The van der Waals surface area contributed by atoms with E-state index >= 15 is 0 Å². The number of nitro benzene ring substituents is 1. The third-order valence-corrected chi connectivity index (χ3v) is 7.18. The third kappa shape index (κ3) is 4.06. The standard InChI is InChI=1S/C17H23N3O6S/c21-17(22)13-6-10-18(11-7-13)15-5-4-14(12-16(15)20(23)24)27(25,26)19-8-2-1-3-9-19/h4-5,12-13H,1-3,6-11H2,(H,21,22). The van der Waals surface area contributed by atoms with E-state index in [2.05, 4.69) is 0 Å². The van der Waals surface area contributed by atoms with Crippen LogP contribution in [0.1, 0.15) is 32.1 Å². The Kier molecular flexibility index (Phi) is 5.66. The van der Waals surface area contributed by atoms with Crippen molar-refractivity contribution in [3.63, 3.8) is 0 Å². The minimum absolute atomic E-state index is 0.0692. The van der Waals surface area contributed by atoms with E-state index in [-0.39, 0.29) is 10.6 Å². The lowest BCUT2D eigenvalue weighted by Gasteiger charge is -2.31. The van der Waals surface area contributed by atoms with E-state index in [1.807, 2.05) is 0 Å². The number of aliphatic carboxylic acids is 1. The van der Waals surface area contributed by atoms with Crippen molar-refractivity contribution in [1.82, 2.24) is 4.31 Å². The first-order valence-corrected chi connectivity index (χ1v) is 10.5. The van der Waals surface area contributed by atoms with Gasteiger partial charge in [0.15, 0.2) is 0 Å². The van der Waals surface area contributed by atoms with Crippen molar-refractivity contribution in [3.05, 3.63) is 28.3 Å². The number of nitro groups is 1. The Balaban J connectivity index is 1.87. The van der Waals surface area contributed by atoms with Crippen molar-refractivity contribution < 1.29 is 23.2 Å². The van der Waals surface area contributed by atoms with Crippen LogP contribution in [0.5, 0.6) is 0 Å². The van der Waals surface area contributed by atoms with Gasteiger partial charge in [-0.1, -0.05) is 6.42 Å². The summed E-state index contributed by atoms with van der Waals surface area (Å²) in [5.41, 5.74) is 0.0725. The maximum atomic E-state index is 12.8. The van der Waals surface area contributed by atoms with Gasteiger partial charge in [0, 0.05) is 32.2 Å². The van der Waals surface area contributed by atoms with E-state index < -0.39 is 26.8 Å². The lowest BCUT2D eigenvalue weighted by Crippen LogP contribution is -2.37. The van der Waals surface area contributed by atoms with E-state index in [1.165, 1.54) is 16.4 Å². The number of hydrogen-bond acceptors (Lipinski definition) is 6. The Bertz CT molecular complexity index is 827. The van der Waals surface area contributed by atoms with Crippen LogP contribution in [0.25, 0.3) is 0 Å². The SMILES string of the molecule is O=C(O)C1CCN(c2ccc(S(=O)(=O)N3CCCCC3)cc2[N+](=O)[O-])CC1. The molecule has 0 amide bonds. The number of carboxylic acid groups (broad SMARTS) is 1. The first kappa shape index (κ1) is 19.6. The third-order valence-electron chi connectivity index (χ3n) is 5.28. The Morgan fingerprint density at radius 1 is 1.11 bits per heavy atom. The number of rotatable bonds is 5. The minimum Gasteiger partial charge on any atom is -0.481 e. The van der Waals surface area contributed by atoms with Crippen molar-refractivity contribution in [1.29, 1.82) is 0 Å². The van der Waals surface area contributed by atoms with Gasteiger partial charge in [0.1, 0.15) is 5.69 Å². The van der Waals surface area contributed by atoms with Crippen molar-refractivity contribution >= 4 is 27.4 Å². The zero-order valence-corrected chi connectivity index (χ0v) is 15.7.